The Morgan fingerprint density at radius 3 is 2.41 bits per heavy atom. The van der Waals surface area contributed by atoms with Gasteiger partial charge in [-0.05, 0) is 32.4 Å². The zero-order chi connectivity index (χ0) is 13.5. The van der Waals surface area contributed by atoms with Crippen LogP contribution in [0.25, 0.3) is 0 Å². The second-order valence-corrected chi connectivity index (χ2v) is 5.77. The highest BCUT2D eigenvalue weighted by Crippen LogP contribution is 2.26. The SMILES string of the molecule is CNCCCC(N)OCC(C)(C)C(O)C(C)C. The van der Waals surface area contributed by atoms with Crippen LogP contribution in [-0.4, -0.2) is 37.6 Å². The fourth-order valence-electron chi connectivity index (χ4n) is 1.87. The summed E-state index contributed by atoms with van der Waals surface area (Å²) in [6.45, 7) is 9.50. The van der Waals surface area contributed by atoms with E-state index in [-0.39, 0.29) is 23.7 Å². The molecule has 17 heavy (non-hydrogen) atoms. The van der Waals surface area contributed by atoms with E-state index in [2.05, 4.69) is 5.32 Å². The van der Waals surface area contributed by atoms with E-state index < -0.39 is 0 Å². The van der Waals surface area contributed by atoms with Gasteiger partial charge in [0.05, 0.1) is 12.7 Å². The van der Waals surface area contributed by atoms with Gasteiger partial charge in [0.25, 0.3) is 0 Å². The van der Waals surface area contributed by atoms with Crippen molar-refractivity contribution in [2.75, 3.05) is 20.2 Å². The number of hydrogen-bond donors (Lipinski definition) is 3. The summed E-state index contributed by atoms with van der Waals surface area (Å²) in [5.74, 6) is 0.231. The van der Waals surface area contributed by atoms with Crippen LogP contribution in [0.3, 0.4) is 0 Å². The van der Waals surface area contributed by atoms with Crippen LogP contribution in [-0.2, 0) is 4.74 Å². The van der Waals surface area contributed by atoms with Crippen LogP contribution >= 0.6 is 0 Å². The fourth-order valence-corrected chi connectivity index (χ4v) is 1.87. The van der Waals surface area contributed by atoms with E-state index >= 15 is 0 Å². The number of nitrogens with one attached hydrogen (secondary N) is 1. The van der Waals surface area contributed by atoms with Gasteiger partial charge < -0.3 is 20.9 Å². The van der Waals surface area contributed by atoms with Crippen molar-refractivity contribution in [3.63, 3.8) is 0 Å². The van der Waals surface area contributed by atoms with Crippen LogP contribution in [0.2, 0.25) is 0 Å². The van der Waals surface area contributed by atoms with Crippen molar-refractivity contribution >= 4 is 0 Å². The lowest BCUT2D eigenvalue weighted by Gasteiger charge is -2.33. The minimum atomic E-state index is -0.369. The standard InChI is InChI=1S/C13H30N2O2/c1-10(2)12(16)13(3,4)9-17-11(14)7-6-8-15-5/h10-12,15-16H,6-9,14H2,1-5H3. The van der Waals surface area contributed by atoms with Gasteiger partial charge in [-0.25, -0.2) is 0 Å². The molecular weight excluding hydrogens is 216 g/mol. The van der Waals surface area contributed by atoms with Crippen LogP contribution in [0.4, 0.5) is 0 Å². The first-order chi connectivity index (χ1) is 7.81. The van der Waals surface area contributed by atoms with Gasteiger partial charge in [-0.1, -0.05) is 27.7 Å². The van der Waals surface area contributed by atoms with E-state index in [4.69, 9.17) is 10.5 Å². The monoisotopic (exact) mass is 246 g/mol. The normalized spacial score (nSPS) is 16.2. The molecule has 0 saturated heterocycles. The maximum absolute atomic E-state index is 10.1. The Hall–Kier alpha value is -0.160. The van der Waals surface area contributed by atoms with E-state index in [0.717, 1.165) is 19.4 Å². The van der Waals surface area contributed by atoms with E-state index in [1.165, 1.54) is 0 Å². The van der Waals surface area contributed by atoms with Gasteiger partial charge in [0.2, 0.25) is 0 Å². The van der Waals surface area contributed by atoms with E-state index in [9.17, 15) is 5.11 Å². The Balaban J connectivity index is 3.92. The van der Waals surface area contributed by atoms with Crippen molar-refractivity contribution in [3.05, 3.63) is 0 Å². The van der Waals surface area contributed by atoms with E-state index in [1.54, 1.807) is 0 Å². The molecule has 4 nitrogen and oxygen atoms in total. The maximum Gasteiger partial charge on any atom is 0.105 e. The Bertz CT molecular complexity index is 196. The van der Waals surface area contributed by atoms with Gasteiger partial charge in [-0.2, -0.15) is 0 Å². The van der Waals surface area contributed by atoms with Gasteiger partial charge in [0, 0.05) is 5.41 Å². The Morgan fingerprint density at radius 2 is 1.94 bits per heavy atom. The number of ether oxygens (including phenoxy) is 1. The fraction of sp³-hybridized carbons (Fsp3) is 1.00. The summed E-state index contributed by atoms with van der Waals surface area (Å²) in [5, 5.41) is 13.1. The Labute approximate surface area is 106 Å². The highest BCUT2D eigenvalue weighted by molar-refractivity contribution is 4.80. The first-order valence-electron chi connectivity index (χ1n) is 6.51. The third kappa shape index (κ3) is 6.99. The molecule has 0 spiro atoms. The zero-order valence-corrected chi connectivity index (χ0v) is 12.0. The largest absolute Gasteiger partial charge is 0.392 e. The smallest absolute Gasteiger partial charge is 0.105 e. The van der Waals surface area contributed by atoms with E-state index in [1.807, 2.05) is 34.7 Å². The number of aliphatic hydroxyl groups excluding tert-OH is 1. The van der Waals surface area contributed by atoms with Gasteiger partial charge >= 0.3 is 0 Å². The number of aliphatic hydroxyl groups is 1. The van der Waals surface area contributed by atoms with Gasteiger partial charge in [-0.3, -0.25) is 0 Å². The molecule has 0 aliphatic carbocycles. The second-order valence-electron chi connectivity index (χ2n) is 5.77. The van der Waals surface area contributed by atoms with Crippen molar-refractivity contribution in [2.24, 2.45) is 17.1 Å². The maximum atomic E-state index is 10.1. The third-order valence-corrected chi connectivity index (χ3v) is 3.02. The van der Waals surface area contributed by atoms with Crippen molar-refractivity contribution in [2.45, 2.75) is 52.9 Å². The molecule has 0 fully saturated rings. The molecule has 0 amide bonds. The van der Waals surface area contributed by atoms with Crippen LogP contribution < -0.4 is 11.1 Å². The van der Waals surface area contributed by atoms with Crippen LogP contribution in [0.1, 0.15) is 40.5 Å². The average Bonchev–Trinajstić information content (AvgIpc) is 2.25. The molecule has 4 N–H and O–H groups in total. The summed E-state index contributed by atoms with van der Waals surface area (Å²) in [6.07, 6.45) is 1.24. The third-order valence-electron chi connectivity index (χ3n) is 3.02. The Morgan fingerprint density at radius 1 is 1.35 bits per heavy atom. The second kappa shape index (κ2) is 8.03. The van der Waals surface area contributed by atoms with Crippen molar-refractivity contribution in [3.8, 4) is 0 Å². The van der Waals surface area contributed by atoms with Crippen molar-refractivity contribution in [1.29, 1.82) is 0 Å². The summed E-state index contributed by atoms with van der Waals surface area (Å²) < 4.78 is 5.61. The van der Waals surface area contributed by atoms with E-state index in [0.29, 0.717) is 6.61 Å². The molecule has 0 bridgehead atoms. The predicted octanol–water partition coefficient (Wildman–Crippen LogP) is 1.33. The number of hydrogen-bond acceptors (Lipinski definition) is 4. The lowest BCUT2D eigenvalue weighted by atomic mass is 9.81. The molecule has 0 heterocycles. The van der Waals surface area contributed by atoms with Gasteiger partial charge in [0.15, 0.2) is 0 Å². The number of rotatable bonds is 9. The minimum absolute atomic E-state index is 0.231. The average molecular weight is 246 g/mol. The molecule has 2 unspecified atom stereocenters. The lowest BCUT2D eigenvalue weighted by Crippen LogP contribution is -2.40. The highest BCUT2D eigenvalue weighted by Gasteiger charge is 2.30. The predicted molar refractivity (Wildman–Crippen MR) is 71.7 cm³/mol. The van der Waals surface area contributed by atoms with Gasteiger partial charge in [-0.15, -0.1) is 0 Å². The van der Waals surface area contributed by atoms with Crippen LogP contribution in [0, 0.1) is 11.3 Å². The molecule has 0 aliphatic heterocycles. The molecule has 0 aromatic carbocycles. The molecule has 0 aliphatic rings. The van der Waals surface area contributed by atoms with Gasteiger partial charge in [0.1, 0.15) is 6.23 Å². The minimum Gasteiger partial charge on any atom is -0.392 e. The molecule has 0 rings (SSSR count). The van der Waals surface area contributed by atoms with Crippen LogP contribution in [0.15, 0.2) is 0 Å². The first-order valence-corrected chi connectivity index (χ1v) is 6.51. The zero-order valence-electron chi connectivity index (χ0n) is 12.0. The molecule has 0 saturated carbocycles. The highest BCUT2D eigenvalue weighted by atomic mass is 16.5. The summed E-state index contributed by atoms with van der Waals surface area (Å²) in [5.41, 5.74) is 5.61. The molecule has 0 aromatic heterocycles. The Kier molecular flexibility index (Phi) is 7.96. The molecule has 104 valence electrons. The lowest BCUT2D eigenvalue weighted by molar-refractivity contribution is -0.0680. The topological polar surface area (TPSA) is 67.5 Å². The van der Waals surface area contributed by atoms with Crippen molar-refractivity contribution < 1.29 is 9.84 Å². The summed E-state index contributed by atoms with van der Waals surface area (Å²) in [4.78, 5) is 0. The molecular formula is C13H30N2O2. The molecule has 0 radical (unpaired) electrons. The number of nitrogens with two attached hydrogens (primary N) is 1. The quantitative estimate of drug-likeness (QED) is 0.424. The van der Waals surface area contributed by atoms with Crippen molar-refractivity contribution in [1.82, 2.24) is 5.32 Å². The molecule has 2 atom stereocenters. The first kappa shape index (κ1) is 16.8. The molecule has 0 aromatic rings. The molecule has 4 heteroatoms. The summed E-state index contributed by atoms with van der Waals surface area (Å²) in [7, 11) is 1.93. The van der Waals surface area contributed by atoms with Crippen LogP contribution in [0.5, 0.6) is 0 Å². The summed E-state index contributed by atoms with van der Waals surface area (Å²) >= 11 is 0. The summed E-state index contributed by atoms with van der Waals surface area (Å²) in [6, 6.07) is 0.